The number of rotatable bonds is 4. The van der Waals surface area contributed by atoms with Gasteiger partial charge < -0.3 is 5.32 Å². The molecule has 0 aliphatic rings. The minimum atomic E-state index is 0.633. The number of nitrogens with one attached hydrogen (secondary N) is 1. The predicted molar refractivity (Wildman–Crippen MR) is 68.5 cm³/mol. The van der Waals surface area contributed by atoms with E-state index in [1.807, 2.05) is 19.2 Å². The van der Waals surface area contributed by atoms with Gasteiger partial charge in [0.15, 0.2) is 0 Å². The van der Waals surface area contributed by atoms with Gasteiger partial charge in [-0.2, -0.15) is 5.10 Å². The molecule has 0 saturated heterocycles. The fourth-order valence-corrected chi connectivity index (χ4v) is 1.75. The Morgan fingerprint density at radius 2 is 2.24 bits per heavy atom. The summed E-state index contributed by atoms with van der Waals surface area (Å²) in [6.45, 7) is 5.74. The van der Waals surface area contributed by atoms with E-state index in [1.165, 1.54) is 0 Å². The van der Waals surface area contributed by atoms with Crippen molar-refractivity contribution >= 4 is 11.6 Å². The molecule has 0 spiro atoms. The molecule has 0 saturated carbocycles. The first-order valence-corrected chi connectivity index (χ1v) is 5.95. The first kappa shape index (κ1) is 12.1. The van der Waals surface area contributed by atoms with Crippen LogP contribution in [0.1, 0.15) is 18.2 Å². The lowest BCUT2D eigenvalue weighted by molar-refractivity contribution is 0.713. The molecular formula is C12H15ClN4. The summed E-state index contributed by atoms with van der Waals surface area (Å²) < 4.78 is 1.78. The second-order valence-corrected chi connectivity index (χ2v) is 4.27. The second kappa shape index (κ2) is 5.29. The van der Waals surface area contributed by atoms with Crippen molar-refractivity contribution in [2.75, 3.05) is 6.54 Å². The number of aryl methyl sites for hydroxylation is 1. The average molecular weight is 251 g/mol. The topological polar surface area (TPSA) is 42.7 Å². The summed E-state index contributed by atoms with van der Waals surface area (Å²) in [6, 6.07) is 2.01. The Morgan fingerprint density at radius 1 is 1.41 bits per heavy atom. The van der Waals surface area contributed by atoms with E-state index >= 15 is 0 Å². The van der Waals surface area contributed by atoms with Crippen molar-refractivity contribution in [1.82, 2.24) is 20.1 Å². The zero-order valence-electron chi connectivity index (χ0n) is 9.94. The van der Waals surface area contributed by atoms with Gasteiger partial charge in [0.05, 0.1) is 16.9 Å². The van der Waals surface area contributed by atoms with E-state index in [4.69, 9.17) is 11.6 Å². The number of hydrogen-bond donors (Lipinski definition) is 1. The number of pyridine rings is 1. The smallest absolute Gasteiger partial charge is 0.0790 e. The Morgan fingerprint density at radius 3 is 2.88 bits per heavy atom. The Bertz CT molecular complexity index is 507. The molecule has 0 unspecified atom stereocenters. The van der Waals surface area contributed by atoms with E-state index in [-0.39, 0.29) is 0 Å². The second-order valence-electron chi connectivity index (χ2n) is 3.84. The number of halogens is 1. The Balaban J connectivity index is 2.39. The molecule has 1 N–H and O–H groups in total. The molecule has 0 radical (unpaired) electrons. The molecule has 0 aliphatic heterocycles. The minimum Gasteiger partial charge on any atom is -0.313 e. The Labute approximate surface area is 106 Å². The molecule has 2 rings (SSSR count). The minimum absolute atomic E-state index is 0.633. The van der Waals surface area contributed by atoms with Crippen LogP contribution in [0.25, 0.3) is 5.69 Å². The molecule has 0 aliphatic carbocycles. The highest BCUT2D eigenvalue weighted by atomic mass is 35.5. The van der Waals surface area contributed by atoms with Crippen LogP contribution in [-0.4, -0.2) is 21.3 Å². The monoisotopic (exact) mass is 250 g/mol. The van der Waals surface area contributed by atoms with Crippen LogP contribution in [0.3, 0.4) is 0 Å². The summed E-state index contributed by atoms with van der Waals surface area (Å²) in [5.41, 5.74) is 3.09. The zero-order chi connectivity index (χ0) is 12.3. The summed E-state index contributed by atoms with van der Waals surface area (Å²) in [4.78, 5) is 4.31. The maximum absolute atomic E-state index is 5.89. The van der Waals surface area contributed by atoms with Gasteiger partial charge in [-0.05, 0) is 19.5 Å². The average Bonchev–Trinajstić information content (AvgIpc) is 2.74. The molecule has 5 heteroatoms. The summed E-state index contributed by atoms with van der Waals surface area (Å²) in [6.07, 6.45) is 5.31. The van der Waals surface area contributed by atoms with E-state index in [1.54, 1.807) is 17.1 Å². The maximum atomic E-state index is 5.89. The molecule has 2 aromatic heterocycles. The van der Waals surface area contributed by atoms with Crippen molar-refractivity contribution in [1.29, 1.82) is 0 Å². The van der Waals surface area contributed by atoms with Gasteiger partial charge in [0.2, 0.25) is 0 Å². The summed E-state index contributed by atoms with van der Waals surface area (Å²) >= 11 is 5.89. The van der Waals surface area contributed by atoms with Crippen molar-refractivity contribution in [2.24, 2.45) is 0 Å². The molecule has 0 aromatic carbocycles. The highest BCUT2D eigenvalue weighted by Crippen LogP contribution is 2.16. The van der Waals surface area contributed by atoms with Gasteiger partial charge in [0.25, 0.3) is 0 Å². The summed E-state index contributed by atoms with van der Waals surface area (Å²) in [7, 11) is 0. The van der Waals surface area contributed by atoms with E-state index in [0.717, 1.165) is 30.0 Å². The lowest BCUT2D eigenvalue weighted by atomic mass is 10.2. The number of nitrogens with zero attached hydrogens (tertiary/aromatic N) is 3. The quantitative estimate of drug-likeness (QED) is 0.906. The Hall–Kier alpha value is -1.39. The van der Waals surface area contributed by atoms with Crippen molar-refractivity contribution in [3.8, 4) is 5.69 Å². The Kier molecular flexibility index (Phi) is 3.76. The SMILES string of the molecule is CCNCc1cnc(C)cc1-n1cc(Cl)cn1. The van der Waals surface area contributed by atoms with Crippen LogP contribution in [-0.2, 0) is 6.54 Å². The molecule has 0 amide bonds. The standard InChI is InChI=1S/C12H15ClN4/c1-3-14-5-10-6-15-9(2)4-12(10)17-8-11(13)7-16-17/h4,6-8,14H,3,5H2,1-2H3. The van der Waals surface area contributed by atoms with Crippen LogP contribution >= 0.6 is 11.6 Å². The molecule has 0 fully saturated rings. The third-order valence-corrected chi connectivity index (χ3v) is 2.66. The molecule has 0 atom stereocenters. The van der Waals surface area contributed by atoms with E-state index in [0.29, 0.717) is 5.02 Å². The molecule has 17 heavy (non-hydrogen) atoms. The van der Waals surface area contributed by atoms with Crippen LogP contribution in [0, 0.1) is 6.92 Å². The van der Waals surface area contributed by atoms with Crippen molar-refractivity contribution in [2.45, 2.75) is 20.4 Å². The van der Waals surface area contributed by atoms with Crippen LogP contribution < -0.4 is 5.32 Å². The van der Waals surface area contributed by atoms with Gasteiger partial charge in [0, 0.05) is 30.2 Å². The van der Waals surface area contributed by atoms with E-state index in [2.05, 4.69) is 22.3 Å². The normalized spacial score (nSPS) is 10.8. The van der Waals surface area contributed by atoms with Gasteiger partial charge in [-0.15, -0.1) is 0 Å². The van der Waals surface area contributed by atoms with Crippen molar-refractivity contribution in [3.63, 3.8) is 0 Å². The first-order chi connectivity index (χ1) is 8.20. The largest absolute Gasteiger partial charge is 0.313 e. The van der Waals surface area contributed by atoms with Crippen LogP contribution in [0.5, 0.6) is 0 Å². The molecular weight excluding hydrogens is 236 g/mol. The molecule has 0 bridgehead atoms. The first-order valence-electron chi connectivity index (χ1n) is 5.57. The van der Waals surface area contributed by atoms with Gasteiger partial charge >= 0.3 is 0 Å². The number of aromatic nitrogens is 3. The molecule has 90 valence electrons. The fourth-order valence-electron chi connectivity index (χ4n) is 1.62. The highest BCUT2D eigenvalue weighted by molar-refractivity contribution is 6.30. The maximum Gasteiger partial charge on any atom is 0.0790 e. The third kappa shape index (κ3) is 2.84. The van der Waals surface area contributed by atoms with Crippen LogP contribution in [0.15, 0.2) is 24.7 Å². The summed E-state index contributed by atoms with van der Waals surface area (Å²) in [5, 5.41) is 8.15. The lowest BCUT2D eigenvalue weighted by Crippen LogP contribution is -2.14. The fraction of sp³-hybridized carbons (Fsp3) is 0.333. The predicted octanol–water partition coefficient (Wildman–Crippen LogP) is 2.34. The number of hydrogen-bond acceptors (Lipinski definition) is 3. The van der Waals surface area contributed by atoms with Crippen molar-refractivity contribution in [3.05, 3.63) is 40.9 Å². The molecule has 4 nitrogen and oxygen atoms in total. The van der Waals surface area contributed by atoms with Gasteiger partial charge in [-0.25, -0.2) is 4.68 Å². The molecule has 2 heterocycles. The third-order valence-electron chi connectivity index (χ3n) is 2.46. The van der Waals surface area contributed by atoms with Gasteiger partial charge in [0.1, 0.15) is 0 Å². The lowest BCUT2D eigenvalue weighted by Gasteiger charge is -2.10. The highest BCUT2D eigenvalue weighted by Gasteiger charge is 2.07. The van der Waals surface area contributed by atoms with Crippen molar-refractivity contribution < 1.29 is 0 Å². The van der Waals surface area contributed by atoms with E-state index < -0.39 is 0 Å². The van der Waals surface area contributed by atoms with Crippen LogP contribution in [0.2, 0.25) is 5.02 Å². The van der Waals surface area contributed by atoms with Gasteiger partial charge in [-0.1, -0.05) is 18.5 Å². The summed E-state index contributed by atoms with van der Waals surface area (Å²) in [5.74, 6) is 0. The molecule has 2 aromatic rings. The zero-order valence-corrected chi connectivity index (χ0v) is 10.7. The van der Waals surface area contributed by atoms with E-state index in [9.17, 15) is 0 Å². The van der Waals surface area contributed by atoms with Crippen LogP contribution in [0.4, 0.5) is 0 Å². The van der Waals surface area contributed by atoms with Gasteiger partial charge in [-0.3, -0.25) is 4.98 Å².